The maximum absolute atomic E-state index is 5.34. The lowest BCUT2D eigenvalue weighted by Crippen LogP contribution is -2.15. The Morgan fingerprint density at radius 1 is 1.39 bits per heavy atom. The molecule has 3 heteroatoms. The number of pyridine rings is 1. The van der Waals surface area contributed by atoms with Crippen molar-refractivity contribution in [1.82, 2.24) is 4.98 Å². The average Bonchev–Trinajstić information content (AvgIpc) is 2.38. The van der Waals surface area contributed by atoms with Crippen LogP contribution in [-0.4, -0.2) is 18.1 Å². The van der Waals surface area contributed by atoms with E-state index in [4.69, 9.17) is 4.74 Å². The molecule has 3 nitrogen and oxygen atoms in total. The number of anilines is 1. The normalized spacial score (nSPS) is 12.4. The summed E-state index contributed by atoms with van der Waals surface area (Å²) >= 11 is 0. The Hall–Kier alpha value is -1.77. The van der Waals surface area contributed by atoms with Gasteiger partial charge in [0, 0.05) is 23.7 Å². The highest BCUT2D eigenvalue weighted by molar-refractivity contribution is 5.91. The van der Waals surface area contributed by atoms with Crippen molar-refractivity contribution in [1.29, 1.82) is 0 Å². The van der Waals surface area contributed by atoms with Gasteiger partial charge in [0.2, 0.25) is 0 Å². The molecule has 0 spiro atoms. The number of nitrogens with one attached hydrogen (secondary N) is 1. The molecule has 0 fully saturated rings. The van der Waals surface area contributed by atoms with E-state index in [1.807, 2.05) is 24.4 Å². The van der Waals surface area contributed by atoms with Gasteiger partial charge < -0.3 is 10.1 Å². The van der Waals surface area contributed by atoms with Crippen molar-refractivity contribution >= 4 is 16.6 Å². The van der Waals surface area contributed by atoms with E-state index < -0.39 is 0 Å². The van der Waals surface area contributed by atoms with Crippen molar-refractivity contribution in [3.63, 3.8) is 0 Å². The molecule has 1 atom stereocenters. The Morgan fingerprint density at radius 2 is 2.22 bits per heavy atom. The summed E-state index contributed by atoms with van der Waals surface area (Å²) in [4.78, 5) is 4.45. The second-order valence-electron chi connectivity index (χ2n) is 4.58. The van der Waals surface area contributed by atoms with Crippen LogP contribution in [0, 0.1) is 0 Å². The fourth-order valence-corrected chi connectivity index (χ4v) is 2.16. The third-order valence-electron chi connectivity index (χ3n) is 3.04. The van der Waals surface area contributed by atoms with Gasteiger partial charge in [-0.05, 0) is 25.5 Å². The summed E-state index contributed by atoms with van der Waals surface area (Å²) in [6, 6.07) is 8.47. The van der Waals surface area contributed by atoms with Crippen LogP contribution in [0.15, 0.2) is 30.5 Å². The number of fused-ring (bicyclic) bond motifs is 1. The highest BCUT2D eigenvalue weighted by atomic mass is 16.5. The average molecular weight is 244 g/mol. The Kier molecular flexibility index (Phi) is 4.03. The largest absolute Gasteiger partial charge is 0.497 e. The predicted octanol–water partition coefficient (Wildman–Crippen LogP) is 3.84. The molecule has 1 aromatic carbocycles. The molecule has 0 saturated heterocycles. The highest BCUT2D eigenvalue weighted by Gasteiger charge is 2.08. The third-order valence-corrected chi connectivity index (χ3v) is 3.04. The van der Waals surface area contributed by atoms with Crippen LogP contribution in [0.25, 0.3) is 10.9 Å². The van der Waals surface area contributed by atoms with Crippen LogP contribution in [0.1, 0.15) is 26.7 Å². The standard InChI is InChI=1S/C15H20N2O/c1-4-6-11(2)17-14-10-13(18-3)9-12-7-5-8-16-15(12)14/h5,7-11,17H,4,6H2,1-3H3. The lowest BCUT2D eigenvalue weighted by atomic mass is 10.1. The van der Waals surface area contributed by atoms with Crippen molar-refractivity contribution in [3.05, 3.63) is 30.5 Å². The number of hydrogen-bond donors (Lipinski definition) is 1. The van der Waals surface area contributed by atoms with Crippen LogP contribution in [0.4, 0.5) is 5.69 Å². The van der Waals surface area contributed by atoms with Crippen LogP contribution in [0.3, 0.4) is 0 Å². The van der Waals surface area contributed by atoms with Gasteiger partial charge >= 0.3 is 0 Å². The van der Waals surface area contributed by atoms with Crippen molar-refractivity contribution in [3.8, 4) is 5.75 Å². The minimum Gasteiger partial charge on any atom is -0.497 e. The summed E-state index contributed by atoms with van der Waals surface area (Å²) in [5, 5.41) is 4.62. The number of benzene rings is 1. The van der Waals surface area contributed by atoms with Crippen LogP contribution in [-0.2, 0) is 0 Å². The van der Waals surface area contributed by atoms with E-state index in [2.05, 4.69) is 30.2 Å². The summed E-state index contributed by atoms with van der Waals surface area (Å²) in [6.07, 6.45) is 4.14. The molecule has 0 amide bonds. The smallest absolute Gasteiger partial charge is 0.121 e. The number of methoxy groups -OCH3 is 1. The minimum absolute atomic E-state index is 0.437. The van der Waals surface area contributed by atoms with Crippen LogP contribution < -0.4 is 10.1 Å². The molecular formula is C15H20N2O. The topological polar surface area (TPSA) is 34.1 Å². The third kappa shape index (κ3) is 2.73. The molecule has 1 N–H and O–H groups in total. The fraction of sp³-hybridized carbons (Fsp3) is 0.400. The van der Waals surface area contributed by atoms with Gasteiger partial charge in [-0.1, -0.05) is 19.4 Å². The van der Waals surface area contributed by atoms with Gasteiger partial charge in [-0.2, -0.15) is 0 Å². The first kappa shape index (κ1) is 12.7. The molecule has 96 valence electrons. The minimum atomic E-state index is 0.437. The molecule has 0 radical (unpaired) electrons. The first-order chi connectivity index (χ1) is 8.74. The molecular weight excluding hydrogens is 224 g/mol. The molecule has 0 bridgehead atoms. The molecule has 2 rings (SSSR count). The van der Waals surface area contributed by atoms with Gasteiger partial charge in [0.05, 0.1) is 18.3 Å². The van der Waals surface area contributed by atoms with Crippen molar-refractivity contribution < 1.29 is 4.74 Å². The Balaban J connectivity index is 2.40. The quantitative estimate of drug-likeness (QED) is 0.867. The van der Waals surface area contributed by atoms with E-state index in [-0.39, 0.29) is 0 Å². The van der Waals surface area contributed by atoms with E-state index in [0.717, 1.165) is 28.8 Å². The second-order valence-corrected chi connectivity index (χ2v) is 4.58. The van der Waals surface area contributed by atoms with Crippen LogP contribution in [0.5, 0.6) is 5.75 Å². The molecule has 0 aliphatic carbocycles. The number of ether oxygens (including phenoxy) is 1. The summed E-state index contributed by atoms with van der Waals surface area (Å²) in [5.41, 5.74) is 2.05. The molecule has 1 aromatic heterocycles. The maximum Gasteiger partial charge on any atom is 0.121 e. The molecule has 1 heterocycles. The van der Waals surface area contributed by atoms with Crippen LogP contribution >= 0.6 is 0 Å². The van der Waals surface area contributed by atoms with Gasteiger partial charge in [-0.25, -0.2) is 0 Å². The highest BCUT2D eigenvalue weighted by Crippen LogP contribution is 2.28. The molecule has 0 aliphatic heterocycles. The lowest BCUT2D eigenvalue weighted by Gasteiger charge is -2.16. The summed E-state index contributed by atoms with van der Waals surface area (Å²) in [5.74, 6) is 0.863. The van der Waals surface area contributed by atoms with Gasteiger partial charge in [0.15, 0.2) is 0 Å². The number of nitrogens with zero attached hydrogens (tertiary/aromatic N) is 1. The first-order valence-electron chi connectivity index (χ1n) is 6.44. The van der Waals surface area contributed by atoms with Gasteiger partial charge in [0.1, 0.15) is 5.75 Å². The van der Waals surface area contributed by atoms with E-state index >= 15 is 0 Å². The molecule has 2 aromatic rings. The summed E-state index contributed by atoms with van der Waals surface area (Å²) in [6.45, 7) is 4.39. The Bertz CT molecular complexity index is 525. The molecule has 18 heavy (non-hydrogen) atoms. The predicted molar refractivity (Wildman–Crippen MR) is 76.3 cm³/mol. The van der Waals surface area contributed by atoms with Crippen molar-refractivity contribution in [2.75, 3.05) is 12.4 Å². The molecule has 1 unspecified atom stereocenters. The first-order valence-corrected chi connectivity index (χ1v) is 6.44. The zero-order chi connectivity index (χ0) is 13.0. The number of rotatable bonds is 5. The number of aromatic nitrogens is 1. The zero-order valence-corrected chi connectivity index (χ0v) is 11.2. The van der Waals surface area contributed by atoms with Gasteiger partial charge in [0.25, 0.3) is 0 Å². The van der Waals surface area contributed by atoms with Crippen molar-refractivity contribution in [2.45, 2.75) is 32.7 Å². The van der Waals surface area contributed by atoms with Crippen LogP contribution in [0.2, 0.25) is 0 Å². The Morgan fingerprint density at radius 3 is 2.94 bits per heavy atom. The number of hydrogen-bond acceptors (Lipinski definition) is 3. The monoisotopic (exact) mass is 244 g/mol. The zero-order valence-electron chi connectivity index (χ0n) is 11.2. The summed E-state index contributed by atoms with van der Waals surface area (Å²) in [7, 11) is 1.69. The van der Waals surface area contributed by atoms with E-state index in [9.17, 15) is 0 Å². The fourth-order valence-electron chi connectivity index (χ4n) is 2.16. The van der Waals surface area contributed by atoms with Crippen molar-refractivity contribution in [2.24, 2.45) is 0 Å². The van der Waals surface area contributed by atoms with E-state index in [1.165, 1.54) is 6.42 Å². The second kappa shape index (κ2) is 5.71. The van der Waals surface area contributed by atoms with E-state index in [1.54, 1.807) is 7.11 Å². The van der Waals surface area contributed by atoms with Gasteiger partial charge in [-0.3, -0.25) is 4.98 Å². The van der Waals surface area contributed by atoms with Gasteiger partial charge in [-0.15, -0.1) is 0 Å². The molecule has 0 aliphatic rings. The maximum atomic E-state index is 5.34. The summed E-state index contributed by atoms with van der Waals surface area (Å²) < 4.78 is 5.34. The lowest BCUT2D eigenvalue weighted by molar-refractivity contribution is 0.415. The molecule has 0 saturated carbocycles. The SMILES string of the molecule is CCCC(C)Nc1cc(OC)cc2cccnc12. The Labute approximate surface area is 108 Å². The van der Waals surface area contributed by atoms with E-state index in [0.29, 0.717) is 6.04 Å².